The van der Waals surface area contributed by atoms with Gasteiger partial charge in [-0.15, -0.1) is 22.2 Å². The van der Waals surface area contributed by atoms with E-state index < -0.39 is 39.3 Å². The largest absolute Gasteiger partial charge is 0.436 e. The first-order valence-corrected chi connectivity index (χ1v) is 30.6. The molecule has 0 aromatic heterocycles. The number of hydrogen-bond acceptors (Lipinski definition) is 2. The summed E-state index contributed by atoms with van der Waals surface area (Å²) in [5, 5.41) is 0. The van der Waals surface area contributed by atoms with Gasteiger partial charge in [-0.25, -0.2) is 0 Å². The Kier molecular flexibility index (Phi) is 16.1. The maximum absolute atomic E-state index is 7.05. The molecule has 194 valence electrons. The van der Waals surface area contributed by atoms with Crippen molar-refractivity contribution in [1.82, 2.24) is 0 Å². The van der Waals surface area contributed by atoms with Gasteiger partial charge in [0.15, 0.2) is 16.6 Å². The fourth-order valence-corrected chi connectivity index (χ4v) is 28.0. The van der Waals surface area contributed by atoms with Crippen molar-refractivity contribution in [3.8, 4) is 0 Å². The van der Waals surface area contributed by atoms with Crippen LogP contribution in [0.15, 0.2) is 0 Å². The fourth-order valence-electron chi connectivity index (χ4n) is 4.09. The van der Waals surface area contributed by atoms with Crippen LogP contribution >= 0.6 is 33.2 Å². The molecule has 0 amide bonds. The third kappa shape index (κ3) is 20.1. The van der Waals surface area contributed by atoms with Crippen molar-refractivity contribution in [1.29, 1.82) is 0 Å². The lowest BCUT2D eigenvalue weighted by molar-refractivity contribution is 0.374. The molecule has 0 radical (unpaired) electrons. The summed E-state index contributed by atoms with van der Waals surface area (Å²) in [5.41, 5.74) is 0. The van der Waals surface area contributed by atoms with Crippen LogP contribution in [0.2, 0.25) is 82.6 Å². The summed E-state index contributed by atoms with van der Waals surface area (Å²) in [5.74, 6) is 0. The van der Waals surface area contributed by atoms with Crippen LogP contribution in [0.5, 0.6) is 0 Å². The molecule has 1 unspecified atom stereocenters. The van der Waals surface area contributed by atoms with Gasteiger partial charge in [0.1, 0.15) is 7.38 Å². The number of unbranched alkanes of at least 4 members (excludes halogenated alkanes) is 7. The van der Waals surface area contributed by atoms with Gasteiger partial charge in [0.25, 0.3) is 0 Å². The zero-order chi connectivity index (χ0) is 25.1. The van der Waals surface area contributed by atoms with Gasteiger partial charge in [-0.2, -0.15) is 11.1 Å². The van der Waals surface area contributed by atoms with E-state index in [9.17, 15) is 0 Å². The molecule has 0 aliphatic heterocycles. The van der Waals surface area contributed by atoms with Crippen molar-refractivity contribution >= 4 is 72.5 Å². The number of halogens is 3. The molecule has 0 aromatic carbocycles. The van der Waals surface area contributed by atoms with Crippen LogP contribution in [-0.4, -0.2) is 39.3 Å². The molecule has 0 saturated carbocycles. The lowest BCUT2D eigenvalue weighted by Gasteiger charge is -2.41. The molecule has 10 heteroatoms. The maximum atomic E-state index is 7.05. The summed E-state index contributed by atoms with van der Waals surface area (Å²) >= 11 is 19.5. The third-order valence-electron chi connectivity index (χ3n) is 5.96. The summed E-state index contributed by atoms with van der Waals surface area (Å²) in [6.45, 7) is 18.4. The lowest BCUT2D eigenvalue weighted by Crippen LogP contribution is -2.54. The highest BCUT2D eigenvalue weighted by Crippen LogP contribution is 2.34. The van der Waals surface area contributed by atoms with Crippen molar-refractivity contribution in [3.63, 3.8) is 0 Å². The molecule has 2 nitrogen and oxygen atoms in total. The standard InChI is InChI=1S/C22H53Cl3O2Si5/c1-10-11-12-13-14-15-16-17-18-32(9,26-29(4,5)20-19-28(2,3)23)27-30(6,7)21-22-31(8,24)25/h10-22H2,1-9H3. The van der Waals surface area contributed by atoms with Crippen molar-refractivity contribution in [3.05, 3.63) is 0 Å². The smallest absolute Gasteiger partial charge is 0.314 e. The maximum Gasteiger partial charge on any atom is 0.314 e. The summed E-state index contributed by atoms with van der Waals surface area (Å²) < 4.78 is 14.1. The molecule has 1 atom stereocenters. The van der Waals surface area contributed by atoms with E-state index in [1.54, 1.807) is 0 Å². The highest BCUT2D eigenvalue weighted by atomic mass is 35.7. The van der Waals surface area contributed by atoms with E-state index >= 15 is 0 Å². The first-order valence-electron chi connectivity index (χ1n) is 12.9. The van der Waals surface area contributed by atoms with E-state index in [-0.39, 0.29) is 0 Å². The van der Waals surface area contributed by atoms with Crippen LogP contribution < -0.4 is 0 Å². The minimum atomic E-state index is -2.27. The molecule has 0 fully saturated rings. The van der Waals surface area contributed by atoms with E-state index in [0.29, 0.717) is 0 Å². The van der Waals surface area contributed by atoms with Crippen molar-refractivity contribution in [2.45, 2.75) is 141 Å². The Morgan fingerprint density at radius 1 is 0.500 bits per heavy atom. The summed E-state index contributed by atoms with van der Waals surface area (Å²) in [7, 11) is -7.58. The van der Waals surface area contributed by atoms with E-state index in [1.807, 2.05) is 6.55 Å². The van der Waals surface area contributed by atoms with Gasteiger partial charge in [0.05, 0.1) is 0 Å². The molecule has 0 saturated heterocycles. The van der Waals surface area contributed by atoms with Gasteiger partial charge in [-0.3, -0.25) is 0 Å². The van der Waals surface area contributed by atoms with Crippen LogP contribution in [0.3, 0.4) is 0 Å². The number of rotatable bonds is 19. The van der Waals surface area contributed by atoms with Gasteiger partial charge >= 0.3 is 8.56 Å². The normalized spacial score (nSPS) is 15.8. The first-order chi connectivity index (χ1) is 14.4. The summed E-state index contributed by atoms with van der Waals surface area (Å²) in [6, 6.07) is 5.29. The molecule has 0 rings (SSSR count). The fraction of sp³-hybridized carbons (Fsp3) is 1.00. The molecule has 0 bridgehead atoms. The topological polar surface area (TPSA) is 18.5 Å². The minimum Gasteiger partial charge on any atom is -0.436 e. The zero-order valence-electron chi connectivity index (χ0n) is 22.6. The monoisotopic (exact) mass is 594 g/mol. The van der Waals surface area contributed by atoms with Gasteiger partial charge in [0, 0.05) is 0 Å². The lowest BCUT2D eigenvalue weighted by atomic mass is 10.1. The molecule has 0 heterocycles. The van der Waals surface area contributed by atoms with E-state index in [2.05, 4.69) is 52.8 Å². The number of hydrogen-bond donors (Lipinski definition) is 0. The molecule has 0 aromatic rings. The van der Waals surface area contributed by atoms with Crippen LogP contribution in [0, 0.1) is 0 Å². The average Bonchev–Trinajstić information content (AvgIpc) is 2.59. The van der Waals surface area contributed by atoms with Crippen molar-refractivity contribution in [2.24, 2.45) is 0 Å². The van der Waals surface area contributed by atoms with Crippen LogP contribution in [-0.2, 0) is 8.23 Å². The average molecular weight is 596 g/mol. The van der Waals surface area contributed by atoms with Crippen molar-refractivity contribution in [2.75, 3.05) is 0 Å². The quantitative estimate of drug-likeness (QED) is 0.0839. The van der Waals surface area contributed by atoms with E-state index in [4.69, 9.17) is 41.5 Å². The zero-order valence-corrected chi connectivity index (χ0v) is 29.9. The van der Waals surface area contributed by atoms with Crippen molar-refractivity contribution < 1.29 is 8.23 Å². The Morgan fingerprint density at radius 2 is 0.906 bits per heavy atom. The summed E-state index contributed by atoms with van der Waals surface area (Å²) in [4.78, 5) is 0. The second-order valence-electron chi connectivity index (χ2n) is 11.9. The van der Waals surface area contributed by atoms with Gasteiger partial charge in [-0.05, 0) is 69.5 Å². The molecule has 0 N–H and O–H groups in total. The SMILES string of the molecule is CCCCCCCCCC[Si](C)(O[Si](C)(C)CC[Si](C)(C)Cl)O[Si](C)(C)CC[Si](C)(Cl)Cl. The molecule has 0 spiro atoms. The first kappa shape index (κ1) is 33.9. The van der Waals surface area contributed by atoms with Crippen LogP contribution in [0.4, 0.5) is 0 Å². The second-order valence-corrected chi connectivity index (χ2v) is 39.5. The second kappa shape index (κ2) is 15.2. The Balaban J connectivity index is 5.03. The predicted octanol–water partition coefficient (Wildman–Crippen LogP) is 10.6. The molecule has 0 aliphatic rings. The van der Waals surface area contributed by atoms with Gasteiger partial charge in [-0.1, -0.05) is 71.4 Å². The van der Waals surface area contributed by atoms with E-state index in [1.165, 1.54) is 51.4 Å². The Labute approximate surface area is 220 Å². The van der Waals surface area contributed by atoms with Crippen LogP contribution in [0.1, 0.15) is 58.3 Å². The Morgan fingerprint density at radius 3 is 1.31 bits per heavy atom. The molecule has 32 heavy (non-hydrogen) atoms. The minimum absolute atomic E-state index is 0.907. The van der Waals surface area contributed by atoms with Gasteiger partial charge < -0.3 is 8.23 Å². The highest BCUT2D eigenvalue weighted by molar-refractivity contribution is 7.45. The Bertz CT molecular complexity index is 477. The molecular weight excluding hydrogens is 543 g/mol. The molecular formula is C22H53Cl3O2Si5. The van der Waals surface area contributed by atoms with E-state index in [0.717, 1.165) is 30.2 Å². The third-order valence-corrected chi connectivity index (χ3v) is 23.3. The molecule has 0 aliphatic carbocycles. The predicted molar refractivity (Wildman–Crippen MR) is 162 cm³/mol. The Hall–Kier alpha value is 1.87. The summed E-state index contributed by atoms with van der Waals surface area (Å²) in [6.07, 6.45) is 10.7. The van der Waals surface area contributed by atoms with Gasteiger partial charge in [0.2, 0.25) is 6.69 Å². The van der Waals surface area contributed by atoms with Crippen LogP contribution in [0.25, 0.3) is 0 Å². The highest BCUT2D eigenvalue weighted by Gasteiger charge is 2.43.